The predicted molar refractivity (Wildman–Crippen MR) is 57.3 cm³/mol. The molecule has 3 N–H and O–H groups in total. The van der Waals surface area contributed by atoms with Crippen LogP contribution in [0.3, 0.4) is 0 Å². The molecule has 5 nitrogen and oxygen atoms in total. The van der Waals surface area contributed by atoms with Gasteiger partial charge in [0.15, 0.2) is 9.84 Å². The molecule has 0 aromatic heterocycles. The van der Waals surface area contributed by atoms with E-state index in [2.05, 4.69) is 5.32 Å². The molecule has 1 heterocycles. The zero-order chi connectivity index (χ0) is 11.3. The number of aliphatic hydroxyl groups is 2. The molecule has 1 aliphatic heterocycles. The minimum atomic E-state index is -3.24. The van der Waals surface area contributed by atoms with Crippen molar-refractivity contribution >= 4 is 9.84 Å². The Morgan fingerprint density at radius 3 is 2.73 bits per heavy atom. The number of hydrogen-bond acceptors (Lipinski definition) is 5. The van der Waals surface area contributed by atoms with Crippen LogP contribution in [-0.2, 0) is 9.84 Å². The molecule has 1 fully saturated rings. The van der Waals surface area contributed by atoms with Crippen molar-refractivity contribution < 1.29 is 18.6 Å². The zero-order valence-electron chi connectivity index (χ0n) is 8.72. The first kappa shape index (κ1) is 12.9. The Kier molecular flexibility index (Phi) is 4.98. The molecule has 1 rings (SSSR count). The summed E-state index contributed by atoms with van der Waals surface area (Å²) in [6, 6.07) is 0. The lowest BCUT2D eigenvalue weighted by Crippen LogP contribution is -2.36. The Labute approximate surface area is 90.4 Å². The fourth-order valence-electron chi connectivity index (χ4n) is 1.84. The van der Waals surface area contributed by atoms with E-state index in [1.165, 1.54) is 0 Å². The van der Waals surface area contributed by atoms with Crippen molar-refractivity contribution in [2.45, 2.75) is 18.9 Å². The van der Waals surface area contributed by atoms with E-state index in [4.69, 9.17) is 10.2 Å². The summed E-state index contributed by atoms with van der Waals surface area (Å²) >= 11 is 0. The minimum absolute atomic E-state index is 0.108. The number of sulfone groups is 1. The first-order valence-corrected chi connectivity index (χ1v) is 7.05. The van der Waals surface area contributed by atoms with Crippen molar-refractivity contribution in [1.82, 2.24) is 5.32 Å². The van der Waals surface area contributed by atoms with Gasteiger partial charge in [-0.1, -0.05) is 0 Å². The number of nitrogens with one attached hydrogen (secondary N) is 1. The van der Waals surface area contributed by atoms with Crippen LogP contribution in [0.15, 0.2) is 0 Å². The molecule has 0 aromatic rings. The van der Waals surface area contributed by atoms with Crippen LogP contribution in [0.1, 0.15) is 12.8 Å². The average Bonchev–Trinajstić information content (AvgIpc) is 2.17. The van der Waals surface area contributed by atoms with E-state index >= 15 is 0 Å². The SMILES string of the molecule is O=S(=O)(CC(O)CO)CC1CCCNC1. The van der Waals surface area contributed by atoms with E-state index in [1.807, 2.05) is 0 Å². The van der Waals surface area contributed by atoms with Gasteiger partial charge < -0.3 is 15.5 Å². The predicted octanol–water partition coefficient (Wildman–Crippen LogP) is -1.25. The first-order valence-electron chi connectivity index (χ1n) is 5.23. The standard InChI is InChI=1S/C9H19NO4S/c11-5-9(12)7-15(13,14)6-8-2-1-3-10-4-8/h8-12H,1-7H2. The average molecular weight is 237 g/mol. The van der Waals surface area contributed by atoms with Crippen LogP contribution in [-0.4, -0.2) is 55.9 Å². The molecular formula is C9H19NO4S. The third-order valence-electron chi connectivity index (χ3n) is 2.55. The smallest absolute Gasteiger partial charge is 0.153 e. The van der Waals surface area contributed by atoms with Gasteiger partial charge in [-0.3, -0.25) is 0 Å². The normalized spacial score (nSPS) is 25.1. The summed E-state index contributed by atoms with van der Waals surface area (Å²) < 4.78 is 23.1. The Hall–Kier alpha value is -0.170. The molecule has 0 radical (unpaired) electrons. The molecule has 2 unspecified atom stereocenters. The highest BCUT2D eigenvalue weighted by atomic mass is 32.2. The molecule has 0 aromatic carbocycles. The third kappa shape index (κ3) is 4.92. The van der Waals surface area contributed by atoms with Crippen LogP contribution in [0.25, 0.3) is 0 Å². The van der Waals surface area contributed by atoms with E-state index in [-0.39, 0.29) is 17.4 Å². The van der Waals surface area contributed by atoms with Gasteiger partial charge in [0.25, 0.3) is 0 Å². The zero-order valence-corrected chi connectivity index (χ0v) is 9.54. The van der Waals surface area contributed by atoms with Crippen LogP contribution < -0.4 is 5.32 Å². The fraction of sp³-hybridized carbons (Fsp3) is 1.00. The summed E-state index contributed by atoms with van der Waals surface area (Å²) in [5, 5.41) is 20.8. The number of aliphatic hydroxyl groups excluding tert-OH is 2. The maximum Gasteiger partial charge on any atom is 0.153 e. The second-order valence-electron chi connectivity index (χ2n) is 4.13. The van der Waals surface area contributed by atoms with Crippen LogP contribution in [0.4, 0.5) is 0 Å². The van der Waals surface area contributed by atoms with Crippen molar-refractivity contribution in [2.24, 2.45) is 5.92 Å². The lowest BCUT2D eigenvalue weighted by Gasteiger charge is -2.22. The summed E-state index contributed by atoms with van der Waals surface area (Å²) in [7, 11) is -3.24. The van der Waals surface area contributed by atoms with Gasteiger partial charge in [0.2, 0.25) is 0 Å². The van der Waals surface area contributed by atoms with Gasteiger partial charge in [0.05, 0.1) is 24.2 Å². The van der Waals surface area contributed by atoms with Crippen molar-refractivity contribution in [1.29, 1.82) is 0 Å². The Morgan fingerprint density at radius 1 is 1.47 bits per heavy atom. The summed E-state index contributed by atoms with van der Waals surface area (Å²) in [5.74, 6) is -0.0773. The van der Waals surface area contributed by atoms with Crippen molar-refractivity contribution in [3.8, 4) is 0 Å². The quantitative estimate of drug-likeness (QED) is 0.556. The van der Waals surface area contributed by atoms with Crippen molar-refractivity contribution in [2.75, 3.05) is 31.2 Å². The topological polar surface area (TPSA) is 86.6 Å². The second kappa shape index (κ2) is 5.79. The van der Waals surface area contributed by atoms with Crippen LogP contribution >= 0.6 is 0 Å². The highest BCUT2D eigenvalue weighted by molar-refractivity contribution is 7.91. The lowest BCUT2D eigenvalue weighted by atomic mass is 10.0. The summed E-state index contributed by atoms with van der Waals surface area (Å²) in [6.07, 6.45) is 0.774. The molecule has 1 aliphatic rings. The van der Waals surface area contributed by atoms with E-state index < -0.39 is 22.5 Å². The van der Waals surface area contributed by atoms with Gasteiger partial charge in [0, 0.05) is 0 Å². The maximum absolute atomic E-state index is 11.6. The van der Waals surface area contributed by atoms with Crippen molar-refractivity contribution in [3.05, 3.63) is 0 Å². The number of hydrogen-bond donors (Lipinski definition) is 3. The van der Waals surface area contributed by atoms with Gasteiger partial charge >= 0.3 is 0 Å². The van der Waals surface area contributed by atoms with Crippen LogP contribution in [0.5, 0.6) is 0 Å². The van der Waals surface area contributed by atoms with Crippen molar-refractivity contribution in [3.63, 3.8) is 0 Å². The van der Waals surface area contributed by atoms with Gasteiger partial charge in [0.1, 0.15) is 0 Å². The summed E-state index contributed by atoms with van der Waals surface area (Å²) in [6.45, 7) is 1.19. The second-order valence-corrected chi connectivity index (χ2v) is 6.28. The Bertz CT molecular complexity index is 272. The molecule has 0 aliphatic carbocycles. The Morgan fingerprint density at radius 2 is 2.20 bits per heavy atom. The van der Waals surface area contributed by atoms with Gasteiger partial charge in [-0.25, -0.2) is 8.42 Å². The number of rotatable bonds is 5. The molecule has 1 saturated heterocycles. The molecule has 0 saturated carbocycles. The van der Waals surface area contributed by atoms with E-state index in [1.54, 1.807) is 0 Å². The molecule has 2 atom stereocenters. The molecule has 0 bridgehead atoms. The van der Waals surface area contributed by atoms with Gasteiger partial charge in [-0.05, 0) is 31.8 Å². The molecule has 90 valence electrons. The fourth-order valence-corrected chi connectivity index (χ4v) is 3.67. The maximum atomic E-state index is 11.6. The van der Waals surface area contributed by atoms with E-state index in [0.717, 1.165) is 25.9 Å². The highest BCUT2D eigenvalue weighted by Gasteiger charge is 2.23. The summed E-state index contributed by atoms with van der Waals surface area (Å²) in [5.41, 5.74) is 0. The minimum Gasteiger partial charge on any atom is -0.394 e. The number of piperidine rings is 1. The van der Waals surface area contributed by atoms with Crippen LogP contribution in [0, 0.1) is 5.92 Å². The van der Waals surface area contributed by atoms with E-state index in [0.29, 0.717) is 0 Å². The molecule has 0 amide bonds. The first-order chi connectivity index (χ1) is 7.03. The Balaban J connectivity index is 2.40. The molecular weight excluding hydrogens is 218 g/mol. The third-order valence-corrected chi connectivity index (χ3v) is 4.42. The highest BCUT2D eigenvalue weighted by Crippen LogP contribution is 2.13. The molecule has 0 spiro atoms. The summed E-state index contributed by atoms with van der Waals surface area (Å²) in [4.78, 5) is 0. The van der Waals surface area contributed by atoms with E-state index in [9.17, 15) is 8.42 Å². The monoisotopic (exact) mass is 237 g/mol. The van der Waals surface area contributed by atoms with Crippen LogP contribution in [0.2, 0.25) is 0 Å². The lowest BCUT2D eigenvalue weighted by molar-refractivity contribution is 0.112. The van der Waals surface area contributed by atoms with Gasteiger partial charge in [-0.2, -0.15) is 0 Å². The molecule has 6 heteroatoms. The largest absolute Gasteiger partial charge is 0.394 e. The molecule has 15 heavy (non-hydrogen) atoms. The van der Waals surface area contributed by atoms with Gasteiger partial charge in [-0.15, -0.1) is 0 Å².